The molecule has 0 N–H and O–H groups in total. The van der Waals surface area contributed by atoms with Crippen LogP contribution in [0, 0.1) is 0 Å². The number of thiazole rings is 1. The van der Waals surface area contributed by atoms with E-state index in [-0.39, 0.29) is 5.91 Å². The number of amides is 1. The maximum atomic E-state index is 12.6. The summed E-state index contributed by atoms with van der Waals surface area (Å²) in [5.74, 6) is 0.910. The molecule has 1 saturated heterocycles. The molecule has 3 aromatic rings. The highest BCUT2D eigenvalue weighted by molar-refractivity contribution is 7.13. The molecule has 1 fully saturated rings. The van der Waals surface area contributed by atoms with E-state index in [4.69, 9.17) is 21.3 Å². The average molecular weight is 428 g/mol. The van der Waals surface area contributed by atoms with E-state index < -0.39 is 0 Å². The predicted molar refractivity (Wildman–Crippen MR) is 117 cm³/mol. The third kappa shape index (κ3) is 4.78. The van der Waals surface area contributed by atoms with Crippen molar-refractivity contribution >= 4 is 28.8 Å². The Morgan fingerprint density at radius 1 is 1.07 bits per heavy atom. The van der Waals surface area contributed by atoms with Crippen molar-refractivity contribution in [3.05, 3.63) is 70.2 Å². The van der Waals surface area contributed by atoms with Gasteiger partial charge in [-0.25, -0.2) is 4.98 Å². The van der Waals surface area contributed by atoms with Gasteiger partial charge in [-0.15, -0.1) is 11.3 Å². The van der Waals surface area contributed by atoms with E-state index in [1.54, 1.807) is 42.7 Å². The first-order valence-corrected chi connectivity index (χ1v) is 10.7. The van der Waals surface area contributed by atoms with Crippen molar-refractivity contribution in [1.29, 1.82) is 0 Å². The molecule has 150 valence electrons. The molecule has 0 saturated carbocycles. The molecule has 5 nitrogen and oxygen atoms in total. The van der Waals surface area contributed by atoms with Crippen LogP contribution in [-0.2, 0) is 6.54 Å². The number of carbonyl (C=O) groups excluding carboxylic acids is 1. The van der Waals surface area contributed by atoms with E-state index >= 15 is 0 Å². The zero-order valence-corrected chi connectivity index (χ0v) is 17.7. The minimum Gasteiger partial charge on any atom is -0.497 e. The summed E-state index contributed by atoms with van der Waals surface area (Å²) in [4.78, 5) is 21.7. The van der Waals surface area contributed by atoms with Gasteiger partial charge in [0, 0.05) is 54.3 Å². The monoisotopic (exact) mass is 427 g/mol. The predicted octanol–water partition coefficient (Wildman–Crippen LogP) is 4.43. The molecule has 2 aromatic carbocycles. The van der Waals surface area contributed by atoms with Crippen LogP contribution < -0.4 is 4.74 Å². The van der Waals surface area contributed by atoms with Gasteiger partial charge in [0.2, 0.25) is 0 Å². The van der Waals surface area contributed by atoms with Gasteiger partial charge in [0.25, 0.3) is 5.91 Å². The second kappa shape index (κ2) is 8.95. The van der Waals surface area contributed by atoms with Gasteiger partial charge in [-0.1, -0.05) is 11.6 Å². The fourth-order valence-electron chi connectivity index (χ4n) is 3.36. The van der Waals surface area contributed by atoms with Gasteiger partial charge >= 0.3 is 0 Å². The Bertz CT molecular complexity index is 964. The highest BCUT2D eigenvalue weighted by atomic mass is 35.5. The van der Waals surface area contributed by atoms with Crippen molar-refractivity contribution < 1.29 is 9.53 Å². The second-order valence-corrected chi connectivity index (χ2v) is 8.24. The number of nitrogens with zero attached hydrogens (tertiary/aromatic N) is 3. The number of hydrogen-bond donors (Lipinski definition) is 0. The third-order valence-electron chi connectivity index (χ3n) is 5.02. The van der Waals surface area contributed by atoms with Crippen LogP contribution in [0.1, 0.15) is 16.1 Å². The van der Waals surface area contributed by atoms with Crippen molar-refractivity contribution in [2.75, 3.05) is 33.3 Å². The molecule has 0 unspecified atom stereocenters. The first-order chi connectivity index (χ1) is 14.1. The number of piperazine rings is 1. The number of carbonyl (C=O) groups is 1. The Kier molecular flexibility index (Phi) is 6.13. The number of methoxy groups -OCH3 is 1. The van der Waals surface area contributed by atoms with Crippen LogP contribution in [0.4, 0.5) is 0 Å². The average Bonchev–Trinajstić information content (AvgIpc) is 3.23. The molecule has 4 rings (SSSR count). The van der Waals surface area contributed by atoms with E-state index in [1.807, 2.05) is 29.2 Å². The summed E-state index contributed by atoms with van der Waals surface area (Å²) >= 11 is 7.57. The maximum absolute atomic E-state index is 12.6. The summed E-state index contributed by atoms with van der Waals surface area (Å²) in [5.41, 5.74) is 2.85. The minimum absolute atomic E-state index is 0.0665. The highest BCUT2D eigenvalue weighted by Crippen LogP contribution is 2.26. The smallest absolute Gasteiger partial charge is 0.253 e. The highest BCUT2D eigenvalue weighted by Gasteiger charge is 2.22. The van der Waals surface area contributed by atoms with E-state index in [1.165, 1.54) is 0 Å². The van der Waals surface area contributed by atoms with Crippen LogP contribution in [0.15, 0.2) is 53.9 Å². The quantitative estimate of drug-likeness (QED) is 0.604. The number of halogens is 1. The Morgan fingerprint density at radius 3 is 2.41 bits per heavy atom. The number of rotatable bonds is 5. The van der Waals surface area contributed by atoms with Gasteiger partial charge in [-0.3, -0.25) is 9.69 Å². The van der Waals surface area contributed by atoms with E-state index in [0.29, 0.717) is 10.6 Å². The lowest BCUT2D eigenvalue weighted by molar-refractivity contribution is 0.0627. The Labute approximate surface area is 179 Å². The summed E-state index contributed by atoms with van der Waals surface area (Å²) in [7, 11) is 1.67. The first-order valence-electron chi connectivity index (χ1n) is 9.48. The van der Waals surface area contributed by atoms with Crippen LogP contribution in [0.3, 0.4) is 0 Å². The van der Waals surface area contributed by atoms with Gasteiger partial charge in [0.15, 0.2) is 0 Å². The molecule has 0 bridgehead atoms. The summed E-state index contributed by atoms with van der Waals surface area (Å²) in [6.45, 7) is 3.92. The van der Waals surface area contributed by atoms with Gasteiger partial charge in [0.05, 0.1) is 12.8 Å². The number of aromatic nitrogens is 1. The third-order valence-corrected chi connectivity index (χ3v) is 6.22. The van der Waals surface area contributed by atoms with E-state index in [9.17, 15) is 4.79 Å². The van der Waals surface area contributed by atoms with Crippen LogP contribution in [0.2, 0.25) is 5.02 Å². The number of benzene rings is 2. The zero-order chi connectivity index (χ0) is 20.2. The second-order valence-electron chi connectivity index (χ2n) is 6.95. The zero-order valence-electron chi connectivity index (χ0n) is 16.2. The lowest BCUT2D eigenvalue weighted by Crippen LogP contribution is -2.48. The summed E-state index contributed by atoms with van der Waals surface area (Å²) in [6.07, 6.45) is 0. The summed E-state index contributed by atoms with van der Waals surface area (Å²) in [6, 6.07) is 15.0. The van der Waals surface area contributed by atoms with E-state index in [2.05, 4.69) is 10.3 Å². The molecule has 0 spiro atoms. The molecule has 0 atom stereocenters. The van der Waals surface area contributed by atoms with Crippen LogP contribution in [-0.4, -0.2) is 54.0 Å². The molecule has 1 aliphatic heterocycles. The van der Waals surface area contributed by atoms with Crippen molar-refractivity contribution in [3.63, 3.8) is 0 Å². The Hall–Kier alpha value is -2.41. The number of hydrogen-bond acceptors (Lipinski definition) is 5. The van der Waals surface area contributed by atoms with Crippen LogP contribution in [0.25, 0.3) is 10.6 Å². The summed E-state index contributed by atoms with van der Waals surface area (Å²) < 4.78 is 5.21. The fourth-order valence-corrected chi connectivity index (χ4v) is 4.30. The molecular formula is C22H22ClN3O2S. The van der Waals surface area contributed by atoms with Crippen LogP contribution in [0.5, 0.6) is 5.75 Å². The van der Waals surface area contributed by atoms with Gasteiger partial charge in [-0.05, 0) is 48.5 Å². The Morgan fingerprint density at radius 2 is 1.76 bits per heavy atom. The van der Waals surface area contributed by atoms with E-state index in [0.717, 1.165) is 54.7 Å². The van der Waals surface area contributed by atoms with Crippen molar-refractivity contribution in [2.45, 2.75) is 6.54 Å². The topological polar surface area (TPSA) is 45.7 Å². The van der Waals surface area contributed by atoms with Gasteiger partial charge < -0.3 is 9.64 Å². The molecule has 1 amide bonds. The lowest BCUT2D eigenvalue weighted by Gasteiger charge is -2.34. The standard InChI is InChI=1S/C22H22ClN3O2S/c1-28-20-8-4-16(5-9-20)21-24-19(15-29-21)14-25-10-12-26(13-11-25)22(27)17-2-6-18(23)7-3-17/h2-9,15H,10-14H2,1H3. The normalized spacial score (nSPS) is 14.8. The fraction of sp³-hybridized carbons (Fsp3) is 0.273. The molecule has 7 heteroatoms. The minimum atomic E-state index is 0.0665. The van der Waals surface area contributed by atoms with Gasteiger partial charge in [0.1, 0.15) is 10.8 Å². The molecule has 1 aromatic heterocycles. The molecule has 1 aliphatic rings. The molecular weight excluding hydrogens is 406 g/mol. The van der Waals surface area contributed by atoms with Crippen molar-refractivity contribution in [1.82, 2.24) is 14.8 Å². The van der Waals surface area contributed by atoms with Crippen LogP contribution >= 0.6 is 22.9 Å². The molecule has 29 heavy (non-hydrogen) atoms. The lowest BCUT2D eigenvalue weighted by atomic mass is 10.2. The molecule has 0 radical (unpaired) electrons. The largest absolute Gasteiger partial charge is 0.497 e. The SMILES string of the molecule is COc1ccc(-c2nc(CN3CCN(C(=O)c4ccc(Cl)cc4)CC3)cs2)cc1. The van der Waals surface area contributed by atoms with Gasteiger partial charge in [-0.2, -0.15) is 0 Å². The first kappa shape index (κ1) is 19.9. The molecule has 0 aliphatic carbocycles. The van der Waals surface area contributed by atoms with Crippen molar-refractivity contribution in [2.24, 2.45) is 0 Å². The molecule has 2 heterocycles. The Balaban J connectivity index is 1.32. The number of ether oxygens (including phenoxy) is 1. The van der Waals surface area contributed by atoms with Crippen molar-refractivity contribution in [3.8, 4) is 16.3 Å². The summed E-state index contributed by atoms with van der Waals surface area (Å²) in [5, 5.41) is 3.77. The maximum Gasteiger partial charge on any atom is 0.253 e.